The van der Waals surface area contributed by atoms with Gasteiger partial charge in [-0.1, -0.05) is 44.0 Å². The van der Waals surface area contributed by atoms with Crippen LogP contribution in [0.25, 0.3) is 0 Å². The van der Waals surface area contributed by atoms with Crippen LogP contribution in [-0.4, -0.2) is 28.0 Å². The molecule has 1 fully saturated rings. The second kappa shape index (κ2) is 8.80. The molecule has 3 rings (SSSR count). The first kappa shape index (κ1) is 19.1. The van der Waals surface area contributed by atoms with E-state index < -0.39 is 8.72 Å². The summed E-state index contributed by atoms with van der Waals surface area (Å²) in [5.74, 6) is 0.709. The largest absolute Gasteiger partial charge is 0.433 e. The lowest BCUT2D eigenvalue weighted by Crippen LogP contribution is -2.65. The first-order valence-electron chi connectivity index (χ1n) is 10.3. The van der Waals surface area contributed by atoms with Crippen molar-refractivity contribution >= 4 is 8.72 Å². The fourth-order valence-corrected chi connectivity index (χ4v) is 8.73. The summed E-state index contributed by atoms with van der Waals surface area (Å²) in [6.45, 7) is 8.06. The minimum absolute atomic E-state index is 0.395. The Labute approximate surface area is 154 Å². The average molecular weight is 362 g/mol. The first-order chi connectivity index (χ1) is 12.2. The zero-order valence-corrected chi connectivity index (χ0v) is 17.2. The SMILES string of the molecule is CCO[Si](NC1CCCCC1C)(OCC)C1CCCc2ccccc21. The smallest absolute Gasteiger partial charge is 0.383 e. The molecular weight excluding hydrogens is 326 g/mol. The van der Waals surface area contributed by atoms with E-state index in [0.717, 1.165) is 13.2 Å². The molecule has 3 atom stereocenters. The van der Waals surface area contributed by atoms with Crippen molar-refractivity contribution in [2.45, 2.75) is 77.3 Å². The van der Waals surface area contributed by atoms with Crippen LogP contribution in [0.3, 0.4) is 0 Å². The highest BCUT2D eigenvalue weighted by Crippen LogP contribution is 2.39. The van der Waals surface area contributed by atoms with Crippen molar-refractivity contribution in [2.24, 2.45) is 5.92 Å². The molecule has 1 aromatic carbocycles. The summed E-state index contributed by atoms with van der Waals surface area (Å²) in [6, 6.07) is 9.49. The van der Waals surface area contributed by atoms with Crippen LogP contribution in [0.1, 0.15) is 76.0 Å². The molecule has 3 nitrogen and oxygen atoms in total. The van der Waals surface area contributed by atoms with Crippen molar-refractivity contribution in [3.8, 4) is 0 Å². The summed E-state index contributed by atoms with van der Waals surface area (Å²) in [5, 5.41) is 0. The van der Waals surface area contributed by atoms with Crippen LogP contribution < -0.4 is 4.98 Å². The van der Waals surface area contributed by atoms with E-state index in [9.17, 15) is 0 Å². The zero-order chi connectivity index (χ0) is 17.7. The topological polar surface area (TPSA) is 30.5 Å². The molecule has 0 aliphatic heterocycles. The molecule has 0 radical (unpaired) electrons. The third-order valence-corrected chi connectivity index (χ3v) is 9.77. The molecule has 0 heterocycles. The maximum absolute atomic E-state index is 6.52. The molecule has 2 aliphatic rings. The number of rotatable bonds is 7. The molecule has 4 heteroatoms. The molecule has 3 unspecified atom stereocenters. The van der Waals surface area contributed by atoms with E-state index in [-0.39, 0.29) is 0 Å². The van der Waals surface area contributed by atoms with Crippen molar-refractivity contribution in [1.82, 2.24) is 4.98 Å². The lowest BCUT2D eigenvalue weighted by atomic mass is 9.87. The molecule has 1 aromatic rings. The highest BCUT2D eigenvalue weighted by molar-refractivity contribution is 6.66. The van der Waals surface area contributed by atoms with Crippen molar-refractivity contribution in [2.75, 3.05) is 13.2 Å². The predicted molar refractivity (Wildman–Crippen MR) is 106 cm³/mol. The monoisotopic (exact) mass is 361 g/mol. The maximum Gasteiger partial charge on any atom is 0.433 e. The van der Waals surface area contributed by atoms with Crippen LogP contribution in [0.2, 0.25) is 0 Å². The molecule has 0 amide bonds. The number of nitrogens with one attached hydrogen (secondary N) is 1. The van der Waals surface area contributed by atoms with Crippen molar-refractivity contribution < 1.29 is 8.85 Å². The molecule has 0 aromatic heterocycles. The van der Waals surface area contributed by atoms with Gasteiger partial charge in [0.2, 0.25) is 0 Å². The van der Waals surface area contributed by atoms with Crippen LogP contribution in [0, 0.1) is 5.92 Å². The maximum atomic E-state index is 6.52. The number of hydrogen-bond acceptors (Lipinski definition) is 3. The van der Waals surface area contributed by atoms with Crippen LogP contribution >= 0.6 is 0 Å². The van der Waals surface area contributed by atoms with E-state index in [2.05, 4.69) is 50.0 Å². The first-order valence-corrected chi connectivity index (χ1v) is 12.2. The number of hydrogen-bond donors (Lipinski definition) is 1. The Morgan fingerprint density at radius 2 is 1.72 bits per heavy atom. The summed E-state index contributed by atoms with van der Waals surface area (Å²) >= 11 is 0. The van der Waals surface area contributed by atoms with Crippen LogP contribution in [0.5, 0.6) is 0 Å². The number of aryl methyl sites for hydroxylation is 1. The van der Waals surface area contributed by atoms with E-state index >= 15 is 0 Å². The van der Waals surface area contributed by atoms with Gasteiger partial charge in [-0.3, -0.25) is 4.98 Å². The van der Waals surface area contributed by atoms with Gasteiger partial charge in [-0.15, -0.1) is 0 Å². The van der Waals surface area contributed by atoms with Gasteiger partial charge in [0.1, 0.15) is 0 Å². The van der Waals surface area contributed by atoms with Crippen LogP contribution in [0.15, 0.2) is 24.3 Å². The second-order valence-corrected chi connectivity index (χ2v) is 10.6. The van der Waals surface area contributed by atoms with E-state index in [1.807, 2.05) is 0 Å². The third kappa shape index (κ3) is 4.18. The highest BCUT2D eigenvalue weighted by atomic mass is 28.4. The van der Waals surface area contributed by atoms with E-state index in [1.54, 1.807) is 0 Å². The highest BCUT2D eigenvalue weighted by Gasteiger charge is 2.50. The van der Waals surface area contributed by atoms with Crippen molar-refractivity contribution in [1.29, 1.82) is 0 Å². The summed E-state index contributed by atoms with van der Waals surface area (Å²) < 4.78 is 13.0. The minimum atomic E-state index is -2.53. The Hall–Kier alpha value is -0.683. The molecule has 0 bridgehead atoms. The molecular formula is C21H35NO2Si. The lowest BCUT2D eigenvalue weighted by molar-refractivity contribution is 0.143. The second-order valence-electron chi connectivity index (χ2n) is 7.69. The Morgan fingerprint density at radius 3 is 2.44 bits per heavy atom. The summed E-state index contributed by atoms with van der Waals surface area (Å²) in [5.41, 5.74) is 3.36. The molecule has 1 saturated carbocycles. The van der Waals surface area contributed by atoms with Crippen LogP contribution in [0.4, 0.5) is 0 Å². The molecule has 0 spiro atoms. The fourth-order valence-electron chi connectivity index (χ4n) is 4.79. The van der Waals surface area contributed by atoms with Gasteiger partial charge in [0.25, 0.3) is 0 Å². The van der Waals surface area contributed by atoms with Gasteiger partial charge in [0.15, 0.2) is 0 Å². The summed E-state index contributed by atoms with van der Waals surface area (Å²) in [7, 11) is -2.53. The minimum Gasteiger partial charge on any atom is -0.383 e. The average Bonchev–Trinajstić information content (AvgIpc) is 2.63. The Morgan fingerprint density at radius 1 is 1.00 bits per heavy atom. The van der Waals surface area contributed by atoms with Gasteiger partial charge in [0, 0.05) is 24.8 Å². The van der Waals surface area contributed by atoms with Gasteiger partial charge in [-0.25, -0.2) is 0 Å². The van der Waals surface area contributed by atoms with E-state index in [4.69, 9.17) is 8.85 Å². The molecule has 1 N–H and O–H groups in total. The normalized spacial score (nSPS) is 27.1. The predicted octanol–water partition coefficient (Wildman–Crippen LogP) is 4.83. The standard InChI is InChI=1S/C21H35NO2Si/c1-4-23-25(24-5-2,22-20-15-9-6-11-17(20)3)21-16-10-13-18-12-7-8-14-19(18)21/h7-8,12,14,17,20-22H,4-6,9-11,13,15-16H2,1-3H3. The third-order valence-electron chi connectivity index (χ3n) is 6.04. The summed E-state index contributed by atoms with van der Waals surface area (Å²) in [6.07, 6.45) is 8.87. The van der Waals surface area contributed by atoms with Gasteiger partial charge in [-0.05, 0) is 63.0 Å². The van der Waals surface area contributed by atoms with Crippen molar-refractivity contribution in [3.05, 3.63) is 35.4 Å². The molecule has 25 heavy (non-hydrogen) atoms. The van der Waals surface area contributed by atoms with Gasteiger partial charge in [-0.2, -0.15) is 0 Å². The zero-order valence-electron chi connectivity index (χ0n) is 16.2. The van der Waals surface area contributed by atoms with Crippen molar-refractivity contribution in [3.63, 3.8) is 0 Å². The Kier molecular flexibility index (Phi) is 6.72. The number of benzene rings is 1. The molecule has 140 valence electrons. The van der Waals surface area contributed by atoms with Gasteiger partial charge < -0.3 is 8.85 Å². The Bertz CT molecular complexity index is 544. The summed E-state index contributed by atoms with van der Waals surface area (Å²) in [4.78, 5) is 4.03. The van der Waals surface area contributed by atoms with Crippen LogP contribution in [-0.2, 0) is 15.3 Å². The van der Waals surface area contributed by atoms with Gasteiger partial charge in [0.05, 0.1) is 0 Å². The molecule has 2 aliphatic carbocycles. The van der Waals surface area contributed by atoms with E-state index in [1.165, 1.54) is 56.1 Å². The lowest BCUT2D eigenvalue weighted by Gasteiger charge is -2.44. The van der Waals surface area contributed by atoms with Gasteiger partial charge >= 0.3 is 8.72 Å². The molecule has 0 saturated heterocycles. The quantitative estimate of drug-likeness (QED) is 0.706. The fraction of sp³-hybridized carbons (Fsp3) is 0.714. The Balaban J connectivity index is 1.93. The number of fused-ring (bicyclic) bond motifs is 1. The van der Waals surface area contributed by atoms with E-state index in [0.29, 0.717) is 17.5 Å².